The molecule has 2 aliphatic heterocycles. The summed E-state index contributed by atoms with van der Waals surface area (Å²) in [5, 5.41) is 13.5. The number of anilines is 1. The number of carbonyl (C=O) groups excluding carboxylic acids is 1. The third-order valence-electron chi connectivity index (χ3n) is 5.75. The number of nitrogens with zero attached hydrogens (tertiary/aromatic N) is 3. The van der Waals surface area contributed by atoms with E-state index in [-0.39, 0.29) is 12.0 Å². The topological polar surface area (TPSA) is 87.6 Å². The van der Waals surface area contributed by atoms with Gasteiger partial charge < -0.3 is 15.2 Å². The molecule has 1 saturated heterocycles. The maximum Gasteiger partial charge on any atom is 0.224 e. The zero-order valence-corrected chi connectivity index (χ0v) is 16.6. The molecule has 7 heteroatoms. The van der Waals surface area contributed by atoms with Crippen molar-refractivity contribution >= 4 is 22.6 Å². The average molecular weight is 404 g/mol. The molecule has 2 N–H and O–H groups in total. The van der Waals surface area contributed by atoms with Gasteiger partial charge in [-0.3, -0.25) is 14.7 Å². The standard InChI is InChI=1S/C23H24N4O3/c28-21-14-27(13-16-12-24-19-3-1-2-4-20(19)25-16)10-9-22(21)30-17-6-7-18-15(11-17)5-8-23(29)26-18/h1-4,6-7,11-12,21-22,28H,5,8-10,13-14H2,(H,26,29)/t21-,22-/m1/s1. The SMILES string of the molecule is O=C1CCc2cc(O[C@@H]3CCN(Cc4cnc5ccccc5n4)C[C@H]3O)ccc2N1. The minimum absolute atomic E-state index is 0.0510. The van der Waals surface area contributed by atoms with Gasteiger partial charge in [-0.05, 0) is 48.7 Å². The lowest BCUT2D eigenvalue weighted by Crippen LogP contribution is -2.48. The number of ether oxygens (including phenoxy) is 1. The number of aliphatic hydroxyl groups excluding tert-OH is 1. The lowest BCUT2D eigenvalue weighted by molar-refractivity contribution is -0.116. The molecule has 0 aliphatic carbocycles. The number of hydrogen-bond donors (Lipinski definition) is 2. The number of nitrogens with one attached hydrogen (secondary N) is 1. The van der Waals surface area contributed by atoms with Crippen molar-refractivity contribution in [2.24, 2.45) is 0 Å². The predicted octanol–water partition coefficient (Wildman–Crippen LogP) is 2.53. The minimum atomic E-state index is -0.581. The van der Waals surface area contributed by atoms with Gasteiger partial charge in [0.05, 0.1) is 22.9 Å². The second-order valence-corrected chi connectivity index (χ2v) is 7.96. The van der Waals surface area contributed by atoms with Gasteiger partial charge in [-0.1, -0.05) is 12.1 Å². The number of fused-ring (bicyclic) bond motifs is 2. The van der Waals surface area contributed by atoms with E-state index in [1.165, 1.54) is 0 Å². The molecule has 0 spiro atoms. The van der Waals surface area contributed by atoms with Crippen LogP contribution < -0.4 is 10.1 Å². The molecule has 2 aromatic carbocycles. The number of aliphatic hydroxyl groups is 1. The number of aromatic nitrogens is 2. The van der Waals surface area contributed by atoms with Gasteiger partial charge in [-0.25, -0.2) is 4.98 Å². The number of para-hydroxylation sites is 2. The highest BCUT2D eigenvalue weighted by atomic mass is 16.5. The summed E-state index contributed by atoms with van der Waals surface area (Å²) in [6.45, 7) is 2.00. The predicted molar refractivity (Wildman–Crippen MR) is 113 cm³/mol. The smallest absolute Gasteiger partial charge is 0.224 e. The molecule has 1 aromatic heterocycles. The molecule has 0 radical (unpaired) electrons. The zero-order valence-electron chi connectivity index (χ0n) is 16.6. The van der Waals surface area contributed by atoms with Gasteiger partial charge in [0.15, 0.2) is 0 Å². The summed E-state index contributed by atoms with van der Waals surface area (Å²) in [6, 6.07) is 13.5. The molecule has 7 nitrogen and oxygen atoms in total. The van der Waals surface area contributed by atoms with Gasteiger partial charge in [0, 0.05) is 31.7 Å². The van der Waals surface area contributed by atoms with Crippen molar-refractivity contribution in [3.05, 3.63) is 59.9 Å². The number of hydrogen-bond acceptors (Lipinski definition) is 6. The van der Waals surface area contributed by atoms with Crippen LogP contribution in [0.2, 0.25) is 0 Å². The zero-order chi connectivity index (χ0) is 20.5. The number of rotatable bonds is 4. The summed E-state index contributed by atoms with van der Waals surface area (Å²) in [6.07, 6.45) is 2.92. The maximum atomic E-state index is 11.5. The summed E-state index contributed by atoms with van der Waals surface area (Å²) in [5.74, 6) is 0.790. The van der Waals surface area contributed by atoms with Gasteiger partial charge in [0.25, 0.3) is 0 Å². The van der Waals surface area contributed by atoms with Crippen molar-refractivity contribution in [1.82, 2.24) is 14.9 Å². The van der Waals surface area contributed by atoms with E-state index >= 15 is 0 Å². The van der Waals surface area contributed by atoms with Crippen LogP contribution in [-0.2, 0) is 17.8 Å². The summed E-state index contributed by atoms with van der Waals surface area (Å²) < 4.78 is 6.10. The van der Waals surface area contributed by atoms with E-state index in [2.05, 4.69) is 20.2 Å². The molecular formula is C23H24N4O3. The molecule has 3 aromatic rings. The van der Waals surface area contributed by atoms with Crippen LogP contribution in [0.3, 0.4) is 0 Å². The van der Waals surface area contributed by atoms with Crippen molar-refractivity contribution in [2.75, 3.05) is 18.4 Å². The number of amides is 1. The average Bonchev–Trinajstić information content (AvgIpc) is 2.76. The number of likely N-dealkylation sites (tertiary alicyclic amines) is 1. The fourth-order valence-electron chi connectivity index (χ4n) is 4.17. The minimum Gasteiger partial charge on any atom is -0.488 e. The Kier molecular flexibility index (Phi) is 5.06. The van der Waals surface area contributed by atoms with Crippen LogP contribution in [0, 0.1) is 0 Å². The van der Waals surface area contributed by atoms with E-state index < -0.39 is 6.10 Å². The molecule has 0 bridgehead atoms. The molecule has 0 saturated carbocycles. The number of aryl methyl sites for hydroxylation is 1. The molecular weight excluding hydrogens is 380 g/mol. The van der Waals surface area contributed by atoms with E-state index in [0.717, 1.165) is 46.7 Å². The molecule has 0 unspecified atom stereocenters. The van der Waals surface area contributed by atoms with Crippen molar-refractivity contribution in [3.63, 3.8) is 0 Å². The number of carbonyl (C=O) groups is 1. The Bertz CT molecular complexity index is 1090. The molecule has 2 aliphatic rings. The second-order valence-electron chi connectivity index (χ2n) is 7.96. The molecule has 1 amide bonds. The van der Waals surface area contributed by atoms with E-state index in [0.29, 0.717) is 25.9 Å². The molecule has 1 fully saturated rings. The van der Waals surface area contributed by atoms with E-state index in [1.54, 1.807) is 0 Å². The van der Waals surface area contributed by atoms with Crippen LogP contribution in [0.25, 0.3) is 11.0 Å². The van der Waals surface area contributed by atoms with Crippen molar-refractivity contribution in [3.8, 4) is 5.75 Å². The van der Waals surface area contributed by atoms with Crippen LogP contribution in [0.5, 0.6) is 5.75 Å². The summed E-state index contributed by atoms with van der Waals surface area (Å²) in [7, 11) is 0. The van der Waals surface area contributed by atoms with Crippen LogP contribution in [0.15, 0.2) is 48.7 Å². The highest BCUT2D eigenvalue weighted by Gasteiger charge is 2.30. The Labute approximate surface area is 174 Å². The fraction of sp³-hybridized carbons (Fsp3) is 0.348. The third kappa shape index (κ3) is 3.99. The van der Waals surface area contributed by atoms with Gasteiger partial charge in [-0.15, -0.1) is 0 Å². The number of benzene rings is 2. The largest absolute Gasteiger partial charge is 0.488 e. The Morgan fingerprint density at radius 2 is 2.03 bits per heavy atom. The lowest BCUT2D eigenvalue weighted by Gasteiger charge is -2.35. The quantitative estimate of drug-likeness (QED) is 0.695. The Hall–Kier alpha value is -3.03. The first-order valence-electron chi connectivity index (χ1n) is 10.3. The second kappa shape index (κ2) is 8.01. The number of β-amino-alcohol motifs (C(OH)–C–C–N with tert-alkyl or cyclic N) is 1. The van der Waals surface area contributed by atoms with Gasteiger partial charge in [0.1, 0.15) is 18.0 Å². The Balaban J connectivity index is 1.21. The first kappa shape index (κ1) is 19.0. The fourth-order valence-corrected chi connectivity index (χ4v) is 4.17. The van der Waals surface area contributed by atoms with E-state index in [9.17, 15) is 9.90 Å². The number of piperidine rings is 1. The van der Waals surface area contributed by atoms with Crippen LogP contribution in [0.1, 0.15) is 24.1 Å². The monoisotopic (exact) mass is 404 g/mol. The molecule has 154 valence electrons. The highest BCUT2D eigenvalue weighted by Crippen LogP contribution is 2.28. The van der Waals surface area contributed by atoms with Gasteiger partial charge >= 0.3 is 0 Å². The van der Waals surface area contributed by atoms with Crippen LogP contribution in [-0.4, -0.2) is 51.2 Å². The molecule has 3 heterocycles. The lowest BCUT2D eigenvalue weighted by atomic mass is 10.0. The van der Waals surface area contributed by atoms with Crippen LogP contribution >= 0.6 is 0 Å². The van der Waals surface area contributed by atoms with Crippen molar-refractivity contribution < 1.29 is 14.6 Å². The molecule has 5 rings (SSSR count). The van der Waals surface area contributed by atoms with Gasteiger partial charge in [-0.2, -0.15) is 0 Å². The normalized spacial score (nSPS) is 21.8. The first-order valence-corrected chi connectivity index (χ1v) is 10.3. The molecule has 2 atom stereocenters. The summed E-state index contributed by atoms with van der Waals surface area (Å²) >= 11 is 0. The van der Waals surface area contributed by atoms with E-state index in [1.807, 2.05) is 48.7 Å². The summed E-state index contributed by atoms with van der Waals surface area (Å²) in [5.41, 5.74) is 4.60. The summed E-state index contributed by atoms with van der Waals surface area (Å²) in [4.78, 5) is 22.8. The van der Waals surface area contributed by atoms with Gasteiger partial charge in [0.2, 0.25) is 5.91 Å². The first-order chi connectivity index (χ1) is 14.6. The van der Waals surface area contributed by atoms with Crippen LogP contribution in [0.4, 0.5) is 5.69 Å². The highest BCUT2D eigenvalue weighted by molar-refractivity contribution is 5.94. The van der Waals surface area contributed by atoms with Crippen molar-refractivity contribution in [2.45, 2.75) is 38.0 Å². The Morgan fingerprint density at radius 3 is 2.90 bits per heavy atom. The third-order valence-corrected chi connectivity index (χ3v) is 5.75. The van der Waals surface area contributed by atoms with Crippen molar-refractivity contribution in [1.29, 1.82) is 0 Å². The Morgan fingerprint density at radius 1 is 1.17 bits per heavy atom. The van der Waals surface area contributed by atoms with E-state index in [4.69, 9.17) is 4.74 Å². The molecule has 30 heavy (non-hydrogen) atoms. The maximum absolute atomic E-state index is 11.5.